The van der Waals surface area contributed by atoms with Crippen LogP contribution in [0.1, 0.15) is 12.5 Å². The molecule has 0 unspecified atom stereocenters. The maximum Gasteiger partial charge on any atom is 0.387 e. The molecule has 0 aliphatic rings. The summed E-state index contributed by atoms with van der Waals surface area (Å²) in [6, 6.07) is 4.67. The lowest BCUT2D eigenvalue weighted by atomic mass is 10.0. The Balaban J connectivity index is 2.83. The van der Waals surface area contributed by atoms with Crippen molar-refractivity contribution in [3.63, 3.8) is 0 Å². The lowest BCUT2D eigenvalue weighted by Gasteiger charge is -2.26. The fourth-order valence-electron chi connectivity index (χ4n) is 1.37. The number of hydrogen-bond donors (Lipinski definition) is 3. The molecule has 0 heterocycles. The predicted molar refractivity (Wildman–Crippen MR) is 70.2 cm³/mol. The van der Waals surface area contributed by atoms with E-state index >= 15 is 0 Å². The molecule has 1 aromatic rings. The zero-order valence-electron chi connectivity index (χ0n) is 10.4. The molecule has 0 saturated carbocycles. The molecule has 0 aromatic heterocycles. The molecule has 0 aliphatic carbocycles. The zero-order chi connectivity index (χ0) is 14.5. The highest BCUT2D eigenvalue weighted by atomic mass is 79.9. The molecule has 108 valence electrons. The van der Waals surface area contributed by atoms with Gasteiger partial charge in [-0.2, -0.15) is 8.78 Å². The first kappa shape index (κ1) is 16.3. The first-order chi connectivity index (χ1) is 8.90. The number of rotatable bonds is 7. The van der Waals surface area contributed by atoms with E-state index in [1.807, 2.05) is 0 Å². The van der Waals surface area contributed by atoms with E-state index in [2.05, 4.69) is 26.0 Å². The molecule has 0 fully saturated rings. The van der Waals surface area contributed by atoms with E-state index < -0.39 is 12.2 Å². The van der Waals surface area contributed by atoms with Crippen molar-refractivity contribution in [2.24, 2.45) is 0 Å². The van der Waals surface area contributed by atoms with Crippen molar-refractivity contribution < 1.29 is 23.7 Å². The molecule has 0 saturated heterocycles. The fraction of sp³-hybridized carbons (Fsp3) is 0.500. The van der Waals surface area contributed by atoms with Crippen LogP contribution in [-0.2, 0) is 6.54 Å². The molecule has 0 spiro atoms. The third kappa shape index (κ3) is 5.02. The van der Waals surface area contributed by atoms with Crippen LogP contribution in [0.25, 0.3) is 0 Å². The largest absolute Gasteiger partial charge is 0.434 e. The Morgan fingerprint density at radius 1 is 1.37 bits per heavy atom. The maximum absolute atomic E-state index is 12.3. The van der Waals surface area contributed by atoms with E-state index in [-0.39, 0.29) is 25.5 Å². The van der Waals surface area contributed by atoms with Crippen LogP contribution in [0, 0.1) is 0 Å². The van der Waals surface area contributed by atoms with Crippen LogP contribution in [0.15, 0.2) is 22.7 Å². The summed E-state index contributed by atoms with van der Waals surface area (Å²) in [5.41, 5.74) is -0.382. The van der Waals surface area contributed by atoms with Crippen molar-refractivity contribution in [2.45, 2.75) is 25.6 Å². The monoisotopic (exact) mass is 339 g/mol. The van der Waals surface area contributed by atoms with Gasteiger partial charge in [-0.1, -0.05) is 15.9 Å². The summed E-state index contributed by atoms with van der Waals surface area (Å²) in [6.45, 7) is -1.65. The molecule has 0 aliphatic heterocycles. The summed E-state index contributed by atoms with van der Waals surface area (Å²) in [7, 11) is 0. The van der Waals surface area contributed by atoms with Crippen molar-refractivity contribution in [2.75, 3.05) is 13.2 Å². The van der Waals surface area contributed by atoms with Crippen LogP contribution in [0.3, 0.4) is 0 Å². The standard InChI is InChI=1S/C12H16BrF2NO3/c1-12(6-17,7-18)16-5-8-4-9(13)2-3-10(8)19-11(14)15/h2-4,11,16-18H,5-7H2,1H3. The first-order valence-corrected chi connectivity index (χ1v) is 6.39. The highest BCUT2D eigenvalue weighted by Crippen LogP contribution is 2.25. The second-order valence-corrected chi connectivity index (χ2v) is 5.28. The van der Waals surface area contributed by atoms with Crippen LogP contribution in [0.4, 0.5) is 8.78 Å². The molecule has 1 aromatic carbocycles. The van der Waals surface area contributed by atoms with Crippen LogP contribution >= 0.6 is 15.9 Å². The average molecular weight is 340 g/mol. The Hall–Kier alpha value is -0.760. The molecule has 1 rings (SSSR count). The van der Waals surface area contributed by atoms with Gasteiger partial charge in [0.05, 0.1) is 18.8 Å². The number of alkyl halides is 2. The van der Waals surface area contributed by atoms with E-state index in [9.17, 15) is 8.78 Å². The summed E-state index contributed by atoms with van der Waals surface area (Å²) >= 11 is 3.25. The summed E-state index contributed by atoms with van der Waals surface area (Å²) < 4.78 is 29.7. The lowest BCUT2D eigenvalue weighted by molar-refractivity contribution is -0.0506. The van der Waals surface area contributed by atoms with Gasteiger partial charge in [-0.05, 0) is 25.1 Å². The van der Waals surface area contributed by atoms with E-state index in [1.165, 1.54) is 6.07 Å². The van der Waals surface area contributed by atoms with E-state index in [4.69, 9.17) is 10.2 Å². The number of aliphatic hydroxyl groups is 2. The van der Waals surface area contributed by atoms with Crippen LogP contribution in [0.2, 0.25) is 0 Å². The molecule has 19 heavy (non-hydrogen) atoms. The average Bonchev–Trinajstić information content (AvgIpc) is 2.38. The Morgan fingerprint density at radius 3 is 2.53 bits per heavy atom. The maximum atomic E-state index is 12.3. The second-order valence-electron chi connectivity index (χ2n) is 4.36. The first-order valence-electron chi connectivity index (χ1n) is 5.60. The van der Waals surface area contributed by atoms with E-state index in [1.54, 1.807) is 19.1 Å². The van der Waals surface area contributed by atoms with Gasteiger partial charge in [0.2, 0.25) is 0 Å². The minimum absolute atomic E-state index is 0.0592. The number of hydrogen-bond acceptors (Lipinski definition) is 4. The molecular weight excluding hydrogens is 324 g/mol. The topological polar surface area (TPSA) is 61.7 Å². The van der Waals surface area contributed by atoms with Crippen molar-refractivity contribution in [1.29, 1.82) is 0 Å². The summed E-state index contributed by atoms with van der Waals surface area (Å²) in [5.74, 6) is 0.0592. The normalized spacial score (nSPS) is 11.9. The number of benzene rings is 1. The number of ether oxygens (including phenoxy) is 1. The molecule has 0 radical (unpaired) electrons. The van der Waals surface area contributed by atoms with Crippen LogP contribution < -0.4 is 10.1 Å². The SMILES string of the molecule is CC(CO)(CO)NCc1cc(Br)ccc1OC(F)F. The van der Waals surface area contributed by atoms with Gasteiger partial charge in [0.25, 0.3) is 0 Å². The Morgan fingerprint density at radius 2 is 2.00 bits per heavy atom. The van der Waals surface area contributed by atoms with Gasteiger partial charge >= 0.3 is 6.61 Å². The smallest absolute Gasteiger partial charge is 0.387 e. The Kier molecular flexibility index (Phi) is 6.12. The van der Waals surface area contributed by atoms with Crippen molar-refractivity contribution in [3.8, 4) is 5.75 Å². The molecule has 0 bridgehead atoms. The highest BCUT2D eigenvalue weighted by Gasteiger charge is 2.22. The van der Waals surface area contributed by atoms with Gasteiger partial charge in [-0.25, -0.2) is 0 Å². The third-order valence-corrected chi connectivity index (χ3v) is 3.14. The Labute approximate surface area is 118 Å². The van der Waals surface area contributed by atoms with Gasteiger partial charge in [0.15, 0.2) is 0 Å². The van der Waals surface area contributed by atoms with Crippen LogP contribution in [0.5, 0.6) is 5.75 Å². The minimum Gasteiger partial charge on any atom is -0.434 e. The van der Waals surface area contributed by atoms with Gasteiger partial charge in [-0.3, -0.25) is 0 Å². The zero-order valence-corrected chi connectivity index (χ0v) is 12.0. The number of halogens is 3. The molecule has 3 N–H and O–H groups in total. The number of aliphatic hydroxyl groups excluding tert-OH is 2. The number of nitrogens with one attached hydrogen (secondary N) is 1. The summed E-state index contributed by atoms with van der Waals surface area (Å²) in [6.07, 6.45) is 0. The minimum atomic E-state index is -2.90. The summed E-state index contributed by atoms with van der Waals surface area (Å²) in [4.78, 5) is 0. The lowest BCUT2D eigenvalue weighted by Crippen LogP contribution is -2.48. The van der Waals surface area contributed by atoms with Crippen molar-refractivity contribution in [1.82, 2.24) is 5.32 Å². The van der Waals surface area contributed by atoms with Gasteiger partial charge < -0.3 is 20.3 Å². The Bertz CT molecular complexity index is 414. The van der Waals surface area contributed by atoms with Crippen molar-refractivity contribution in [3.05, 3.63) is 28.2 Å². The predicted octanol–water partition coefficient (Wildman–Crippen LogP) is 1.88. The quantitative estimate of drug-likeness (QED) is 0.709. The van der Waals surface area contributed by atoms with Gasteiger partial charge in [0.1, 0.15) is 5.75 Å². The molecule has 0 atom stereocenters. The third-order valence-electron chi connectivity index (χ3n) is 2.64. The van der Waals surface area contributed by atoms with E-state index in [0.29, 0.717) is 5.56 Å². The highest BCUT2D eigenvalue weighted by molar-refractivity contribution is 9.10. The molecule has 4 nitrogen and oxygen atoms in total. The summed E-state index contributed by atoms with van der Waals surface area (Å²) in [5, 5.41) is 21.2. The van der Waals surface area contributed by atoms with E-state index in [0.717, 1.165) is 4.47 Å². The van der Waals surface area contributed by atoms with Crippen molar-refractivity contribution >= 4 is 15.9 Å². The molecule has 0 amide bonds. The molecular formula is C12H16BrF2NO3. The van der Waals surface area contributed by atoms with Crippen LogP contribution in [-0.4, -0.2) is 35.6 Å². The fourth-order valence-corrected chi connectivity index (χ4v) is 1.78. The van der Waals surface area contributed by atoms with Gasteiger partial charge in [0, 0.05) is 16.6 Å². The van der Waals surface area contributed by atoms with Gasteiger partial charge in [-0.15, -0.1) is 0 Å². The second kappa shape index (κ2) is 7.14. The molecule has 7 heteroatoms.